The van der Waals surface area contributed by atoms with E-state index < -0.39 is 15.9 Å². The van der Waals surface area contributed by atoms with Crippen LogP contribution in [0.3, 0.4) is 0 Å². The van der Waals surface area contributed by atoms with Crippen LogP contribution in [-0.2, 0) is 14.8 Å². The monoisotopic (exact) mass is 410 g/mol. The SMILES string of the molecule is Cc1cc(C)cc(OCCNC(=O)CN(c2cccc(Cl)c2)S(C)(=O)=O)c1. The molecule has 0 saturated carbocycles. The molecule has 0 aliphatic heterocycles. The molecule has 2 rings (SSSR count). The minimum atomic E-state index is -3.63. The van der Waals surface area contributed by atoms with E-state index in [0.717, 1.165) is 27.4 Å². The Hall–Kier alpha value is -2.25. The highest BCUT2D eigenvalue weighted by Gasteiger charge is 2.20. The highest BCUT2D eigenvalue weighted by Crippen LogP contribution is 2.21. The summed E-state index contributed by atoms with van der Waals surface area (Å²) in [6.07, 6.45) is 1.05. The van der Waals surface area contributed by atoms with Crippen LogP contribution >= 0.6 is 11.6 Å². The van der Waals surface area contributed by atoms with E-state index in [9.17, 15) is 13.2 Å². The predicted octanol–water partition coefficient (Wildman–Crippen LogP) is 2.92. The predicted molar refractivity (Wildman–Crippen MR) is 108 cm³/mol. The second kappa shape index (κ2) is 9.10. The summed E-state index contributed by atoms with van der Waals surface area (Å²) >= 11 is 5.92. The number of carbonyl (C=O) groups is 1. The number of ether oxygens (including phenoxy) is 1. The lowest BCUT2D eigenvalue weighted by Crippen LogP contribution is -2.41. The number of carbonyl (C=O) groups excluding carboxylic acids is 1. The van der Waals surface area contributed by atoms with E-state index in [4.69, 9.17) is 16.3 Å². The highest BCUT2D eigenvalue weighted by atomic mass is 35.5. The molecule has 0 aliphatic rings. The van der Waals surface area contributed by atoms with Crippen LogP contribution in [0, 0.1) is 13.8 Å². The second-order valence-electron chi connectivity index (χ2n) is 6.27. The van der Waals surface area contributed by atoms with Gasteiger partial charge in [0, 0.05) is 5.02 Å². The molecule has 0 radical (unpaired) electrons. The summed E-state index contributed by atoms with van der Waals surface area (Å²) in [4.78, 5) is 12.2. The van der Waals surface area contributed by atoms with Gasteiger partial charge < -0.3 is 10.1 Å². The topological polar surface area (TPSA) is 75.7 Å². The molecule has 0 spiro atoms. The number of benzene rings is 2. The number of nitrogens with one attached hydrogen (secondary N) is 1. The zero-order valence-corrected chi connectivity index (χ0v) is 17.1. The molecule has 0 heterocycles. The second-order valence-corrected chi connectivity index (χ2v) is 8.61. The van der Waals surface area contributed by atoms with Gasteiger partial charge in [-0.25, -0.2) is 8.42 Å². The van der Waals surface area contributed by atoms with Crippen molar-refractivity contribution in [1.29, 1.82) is 0 Å². The maximum atomic E-state index is 12.2. The first-order valence-electron chi connectivity index (χ1n) is 8.36. The van der Waals surface area contributed by atoms with Crippen molar-refractivity contribution in [3.63, 3.8) is 0 Å². The van der Waals surface area contributed by atoms with Gasteiger partial charge in [-0.1, -0.05) is 23.7 Å². The van der Waals surface area contributed by atoms with Crippen molar-refractivity contribution in [3.8, 4) is 5.75 Å². The summed E-state index contributed by atoms with van der Waals surface area (Å²) in [6, 6.07) is 12.2. The summed E-state index contributed by atoms with van der Waals surface area (Å²) < 4.78 is 30.7. The first-order valence-corrected chi connectivity index (χ1v) is 10.6. The van der Waals surface area contributed by atoms with Gasteiger partial charge in [0.15, 0.2) is 0 Å². The smallest absolute Gasteiger partial charge is 0.240 e. The molecule has 8 heteroatoms. The molecular formula is C19H23ClN2O4S. The molecule has 2 aromatic carbocycles. The van der Waals surface area contributed by atoms with Crippen LogP contribution in [0.2, 0.25) is 5.02 Å². The maximum absolute atomic E-state index is 12.2. The fourth-order valence-corrected chi connectivity index (χ4v) is 3.63. The van der Waals surface area contributed by atoms with Gasteiger partial charge in [-0.2, -0.15) is 0 Å². The minimum Gasteiger partial charge on any atom is -0.492 e. The third-order valence-electron chi connectivity index (χ3n) is 3.67. The van der Waals surface area contributed by atoms with Crippen LogP contribution in [0.1, 0.15) is 11.1 Å². The van der Waals surface area contributed by atoms with Crippen molar-refractivity contribution < 1.29 is 17.9 Å². The molecule has 1 N–H and O–H groups in total. The number of rotatable bonds is 8. The van der Waals surface area contributed by atoms with Crippen LogP contribution in [0.4, 0.5) is 5.69 Å². The fourth-order valence-electron chi connectivity index (χ4n) is 2.59. The molecule has 6 nitrogen and oxygen atoms in total. The summed E-state index contributed by atoms with van der Waals surface area (Å²) in [5.74, 6) is 0.308. The van der Waals surface area contributed by atoms with Crippen molar-refractivity contribution in [1.82, 2.24) is 5.32 Å². The zero-order valence-electron chi connectivity index (χ0n) is 15.5. The number of hydrogen-bond acceptors (Lipinski definition) is 4. The van der Waals surface area contributed by atoms with Gasteiger partial charge >= 0.3 is 0 Å². The van der Waals surface area contributed by atoms with E-state index in [1.54, 1.807) is 18.2 Å². The third-order valence-corrected chi connectivity index (χ3v) is 5.05. The van der Waals surface area contributed by atoms with Crippen LogP contribution in [-0.4, -0.2) is 40.3 Å². The summed E-state index contributed by atoms with van der Waals surface area (Å²) in [5, 5.41) is 3.06. The Morgan fingerprint density at radius 2 is 1.81 bits per heavy atom. The third kappa shape index (κ3) is 6.77. The van der Waals surface area contributed by atoms with Crippen molar-refractivity contribution >= 4 is 33.2 Å². The van der Waals surface area contributed by atoms with Gasteiger partial charge in [-0.3, -0.25) is 9.10 Å². The van der Waals surface area contributed by atoms with Crippen molar-refractivity contribution in [2.75, 3.05) is 30.3 Å². The summed E-state index contributed by atoms with van der Waals surface area (Å²) in [5.41, 5.74) is 2.53. The Kier molecular flexibility index (Phi) is 7.10. The number of amides is 1. The first kappa shape index (κ1) is 21.1. The average Bonchev–Trinajstić information content (AvgIpc) is 2.54. The molecule has 0 aromatic heterocycles. The molecule has 0 aliphatic carbocycles. The zero-order chi connectivity index (χ0) is 20.0. The van der Waals surface area contributed by atoms with Gasteiger partial charge in [0.05, 0.1) is 18.5 Å². The Morgan fingerprint density at radius 3 is 2.41 bits per heavy atom. The number of sulfonamides is 1. The van der Waals surface area contributed by atoms with Crippen LogP contribution in [0.5, 0.6) is 5.75 Å². The number of aryl methyl sites for hydroxylation is 2. The van der Waals surface area contributed by atoms with Crippen LogP contribution < -0.4 is 14.4 Å². The van der Waals surface area contributed by atoms with E-state index in [0.29, 0.717) is 10.7 Å². The maximum Gasteiger partial charge on any atom is 0.240 e. The molecule has 146 valence electrons. The van der Waals surface area contributed by atoms with Crippen molar-refractivity contribution in [3.05, 3.63) is 58.6 Å². The van der Waals surface area contributed by atoms with Gasteiger partial charge in [-0.05, 0) is 55.3 Å². The van der Waals surface area contributed by atoms with Gasteiger partial charge in [0.25, 0.3) is 0 Å². The lowest BCUT2D eigenvalue weighted by atomic mass is 10.1. The molecule has 0 atom stereocenters. The lowest BCUT2D eigenvalue weighted by molar-refractivity contribution is -0.119. The van der Waals surface area contributed by atoms with Crippen LogP contribution in [0.15, 0.2) is 42.5 Å². The summed E-state index contributed by atoms with van der Waals surface area (Å²) in [7, 11) is -3.63. The van der Waals surface area contributed by atoms with Crippen LogP contribution in [0.25, 0.3) is 0 Å². The Morgan fingerprint density at radius 1 is 1.15 bits per heavy atom. The molecule has 2 aromatic rings. The molecule has 1 amide bonds. The fraction of sp³-hybridized carbons (Fsp3) is 0.316. The Labute approximate surface area is 165 Å². The van der Waals surface area contributed by atoms with Gasteiger partial charge in [0.2, 0.25) is 15.9 Å². The highest BCUT2D eigenvalue weighted by molar-refractivity contribution is 7.92. The van der Waals surface area contributed by atoms with Gasteiger partial charge in [0.1, 0.15) is 18.9 Å². The molecule has 27 heavy (non-hydrogen) atoms. The number of halogens is 1. The van der Waals surface area contributed by atoms with Crippen molar-refractivity contribution in [2.45, 2.75) is 13.8 Å². The quantitative estimate of drug-likeness (QED) is 0.679. The van der Waals surface area contributed by atoms with E-state index in [1.165, 1.54) is 6.07 Å². The first-order chi connectivity index (χ1) is 12.6. The Balaban J connectivity index is 1.90. The molecule has 0 fully saturated rings. The van der Waals surface area contributed by atoms with E-state index in [2.05, 4.69) is 5.32 Å². The number of anilines is 1. The van der Waals surface area contributed by atoms with E-state index in [-0.39, 0.29) is 19.7 Å². The van der Waals surface area contributed by atoms with E-state index >= 15 is 0 Å². The normalized spacial score (nSPS) is 11.1. The molecular weight excluding hydrogens is 388 g/mol. The molecule has 0 saturated heterocycles. The lowest BCUT2D eigenvalue weighted by Gasteiger charge is -2.22. The average molecular weight is 411 g/mol. The summed E-state index contributed by atoms with van der Waals surface area (Å²) in [6.45, 7) is 4.18. The van der Waals surface area contributed by atoms with Gasteiger partial charge in [-0.15, -0.1) is 0 Å². The minimum absolute atomic E-state index is 0.263. The molecule has 0 unspecified atom stereocenters. The standard InChI is InChI=1S/C19H23ClN2O4S/c1-14-9-15(2)11-18(10-14)26-8-7-21-19(23)13-22(27(3,24)25)17-6-4-5-16(20)12-17/h4-6,9-12H,7-8,13H2,1-3H3,(H,21,23). The Bertz CT molecular complexity index is 895. The molecule has 0 bridgehead atoms. The van der Waals surface area contributed by atoms with E-state index in [1.807, 2.05) is 32.0 Å². The largest absolute Gasteiger partial charge is 0.492 e. The van der Waals surface area contributed by atoms with Crippen molar-refractivity contribution in [2.24, 2.45) is 0 Å². The number of nitrogens with zero attached hydrogens (tertiary/aromatic N) is 1. The number of hydrogen-bond donors (Lipinski definition) is 1.